The smallest absolute Gasteiger partial charge is 0.243 e. The van der Waals surface area contributed by atoms with Crippen molar-refractivity contribution in [2.24, 2.45) is 5.84 Å². The summed E-state index contributed by atoms with van der Waals surface area (Å²) in [7, 11) is 3.64. The number of hydrogen-bond donors (Lipinski definition) is 3. The highest BCUT2D eigenvalue weighted by atomic mass is 35.5. The molecule has 1 aromatic carbocycles. The quantitative estimate of drug-likeness (QED) is 0.589. The molecule has 0 aliphatic heterocycles. The van der Waals surface area contributed by atoms with Gasteiger partial charge in [-0.1, -0.05) is 23.2 Å². The molecule has 2 aromatic rings. The Kier molecular flexibility index (Phi) is 4.43. The molecule has 0 fully saturated rings. The van der Waals surface area contributed by atoms with Crippen molar-refractivity contribution in [2.75, 3.05) is 29.7 Å². The molecule has 0 amide bonds. The average molecular weight is 314 g/mol. The van der Waals surface area contributed by atoms with Crippen LogP contribution in [0.4, 0.5) is 23.5 Å². The third-order valence-electron chi connectivity index (χ3n) is 2.33. The molecule has 106 valence electrons. The second kappa shape index (κ2) is 6.08. The van der Waals surface area contributed by atoms with Crippen molar-refractivity contribution in [1.82, 2.24) is 15.0 Å². The Labute approximate surface area is 126 Å². The van der Waals surface area contributed by atoms with E-state index in [1.165, 1.54) is 0 Å². The minimum atomic E-state index is 0.256. The summed E-state index contributed by atoms with van der Waals surface area (Å²) in [4.78, 5) is 14.2. The number of aromatic nitrogens is 3. The summed E-state index contributed by atoms with van der Waals surface area (Å²) in [5.74, 6) is 6.40. The van der Waals surface area contributed by atoms with Gasteiger partial charge < -0.3 is 10.2 Å². The number of nitrogens with one attached hydrogen (secondary N) is 2. The highest BCUT2D eigenvalue weighted by molar-refractivity contribution is 6.42. The highest BCUT2D eigenvalue weighted by Gasteiger charge is 2.08. The molecule has 0 aliphatic carbocycles. The van der Waals surface area contributed by atoms with E-state index in [1.807, 2.05) is 14.1 Å². The Hall–Kier alpha value is -1.83. The molecule has 0 atom stereocenters. The van der Waals surface area contributed by atoms with Gasteiger partial charge in [0.2, 0.25) is 17.8 Å². The fourth-order valence-electron chi connectivity index (χ4n) is 1.39. The normalized spacial score (nSPS) is 10.2. The van der Waals surface area contributed by atoms with Crippen LogP contribution in [0.1, 0.15) is 0 Å². The van der Waals surface area contributed by atoms with Gasteiger partial charge in [-0.2, -0.15) is 15.0 Å². The van der Waals surface area contributed by atoms with Crippen LogP contribution in [0, 0.1) is 0 Å². The number of hydrazine groups is 1. The van der Waals surface area contributed by atoms with Gasteiger partial charge in [0.25, 0.3) is 0 Å². The number of hydrogen-bond acceptors (Lipinski definition) is 7. The first kappa shape index (κ1) is 14.6. The molecule has 0 bridgehead atoms. The first-order chi connectivity index (χ1) is 9.49. The molecule has 0 radical (unpaired) electrons. The maximum Gasteiger partial charge on any atom is 0.243 e. The van der Waals surface area contributed by atoms with Crippen molar-refractivity contribution in [3.63, 3.8) is 0 Å². The summed E-state index contributed by atoms with van der Waals surface area (Å²) in [5.41, 5.74) is 3.10. The maximum absolute atomic E-state index is 5.95. The molecule has 0 aliphatic rings. The Balaban J connectivity index is 2.32. The van der Waals surface area contributed by atoms with Gasteiger partial charge in [0.05, 0.1) is 10.0 Å². The van der Waals surface area contributed by atoms with E-state index in [1.54, 1.807) is 23.1 Å². The summed E-state index contributed by atoms with van der Waals surface area (Å²) in [6.45, 7) is 0. The van der Waals surface area contributed by atoms with Gasteiger partial charge in [-0.25, -0.2) is 5.84 Å². The highest BCUT2D eigenvalue weighted by Crippen LogP contribution is 2.26. The van der Waals surface area contributed by atoms with Crippen LogP contribution in [0.15, 0.2) is 18.2 Å². The second-order valence-electron chi connectivity index (χ2n) is 4.08. The molecule has 1 aromatic heterocycles. The first-order valence-electron chi connectivity index (χ1n) is 5.61. The predicted octanol–water partition coefficient (Wildman–Crippen LogP) is 2.27. The second-order valence-corrected chi connectivity index (χ2v) is 4.89. The Bertz CT molecular complexity index is 618. The van der Waals surface area contributed by atoms with Crippen LogP contribution in [0.5, 0.6) is 0 Å². The molecular formula is C11H13Cl2N7. The van der Waals surface area contributed by atoms with E-state index in [2.05, 4.69) is 25.7 Å². The van der Waals surface area contributed by atoms with Crippen molar-refractivity contribution in [2.45, 2.75) is 0 Å². The van der Waals surface area contributed by atoms with Gasteiger partial charge >= 0.3 is 0 Å². The van der Waals surface area contributed by atoms with Gasteiger partial charge in [0.1, 0.15) is 0 Å². The number of halogens is 2. The largest absolute Gasteiger partial charge is 0.347 e. The van der Waals surface area contributed by atoms with E-state index in [9.17, 15) is 0 Å². The van der Waals surface area contributed by atoms with Gasteiger partial charge in [0.15, 0.2) is 0 Å². The van der Waals surface area contributed by atoms with Gasteiger partial charge in [-0.05, 0) is 18.2 Å². The summed E-state index contributed by atoms with van der Waals surface area (Å²) >= 11 is 11.8. The Morgan fingerprint density at radius 2 is 1.75 bits per heavy atom. The van der Waals surface area contributed by atoms with E-state index < -0.39 is 0 Å². The Morgan fingerprint density at radius 3 is 2.35 bits per heavy atom. The maximum atomic E-state index is 5.95. The number of nitrogens with two attached hydrogens (primary N) is 1. The number of nitrogens with zero attached hydrogens (tertiary/aromatic N) is 4. The van der Waals surface area contributed by atoms with Crippen LogP contribution in [0.25, 0.3) is 0 Å². The molecule has 2 rings (SSSR count). The van der Waals surface area contributed by atoms with Gasteiger partial charge in [-0.3, -0.25) is 5.43 Å². The molecule has 1 heterocycles. The SMILES string of the molecule is CN(C)c1nc(NN)nc(Nc2ccc(Cl)c(Cl)c2)n1. The topological polar surface area (TPSA) is 92.0 Å². The predicted molar refractivity (Wildman–Crippen MR) is 81.7 cm³/mol. The molecule has 7 nitrogen and oxygen atoms in total. The first-order valence-corrected chi connectivity index (χ1v) is 6.37. The molecule has 0 saturated heterocycles. The van der Waals surface area contributed by atoms with Gasteiger partial charge in [-0.15, -0.1) is 0 Å². The van der Waals surface area contributed by atoms with E-state index in [4.69, 9.17) is 29.0 Å². The summed E-state index contributed by atoms with van der Waals surface area (Å²) in [6, 6.07) is 5.13. The number of benzene rings is 1. The van der Waals surface area contributed by atoms with Crippen molar-refractivity contribution >= 4 is 46.7 Å². The lowest BCUT2D eigenvalue weighted by molar-refractivity contribution is 0.957. The van der Waals surface area contributed by atoms with E-state index in [0.717, 1.165) is 0 Å². The van der Waals surface area contributed by atoms with Crippen LogP contribution in [-0.4, -0.2) is 29.0 Å². The minimum Gasteiger partial charge on any atom is -0.347 e. The van der Waals surface area contributed by atoms with Crippen LogP contribution < -0.4 is 21.5 Å². The lowest BCUT2D eigenvalue weighted by Crippen LogP contribution is -2.18. The summed E-state index contributed by atoms with van der Waals surface area (Å²) < 4.78 is 0. The fourth-order valence-corrected chi connectivity index (χ4v) is 1.69. The molecule has 0 saturated carbocycles. The molecule has 0 spiro atoms. The third-order valence-corrected chi connectivity index (χ3v) is 3.07. The van der Waals surface area contributed by atoms with Crippen LogP contribution in [0.3, 0.4) is 0 Å². The zero-order chi connectivity index (χ0) is 14.7. The Morgan fingerprint density at radius 1 is 1.05 bits per heavy atom. The van der Waals surface area contributed by atoms with Crippen molar-refractivity contribution in [3.05, 3.63) is 28.2 Å². The molecule has 20 heavy (non-hydrogen) atoms. The summed E-state index contributed by atoms with van der Waals surface area (Å²) in [6.07, 6.45) is 0. The van der Waals surface area contributed by atoms with Crippen molar-refractivity contribution < 1.29 is 0 Å². The van der Waals surface area contributed by atoms with Crippen molar-refractivity contribution in [3.8, 4) is 0 Å². The van der Waals surface area contributed by atoms with Crippen molar-refractivity contribution in [1.29, 1.82) is 0 Å². The molecule has 0 unspecified atom stereocenters. The number of anilines is 4. The third kappa shape index (κ3) is 3.38. The molecule has 4 N–H and O–H groups in total. The van der Waals surface area contributed by atoms with E-state index >= 15 is 0 Å². The standard InChI is InChI=1S/C11H13Cl2N7/c1-20(2)11-17-9(16-10(18-11)19-14)15-6-3-4-7(12)8(13)5-6/h3-5H,14H2,1-2H3,(H2,15,16,17,18,19). The number of nitrogen functional groups attached to an aromatic ring is 1. The zero-order valence-electron chi connectivity index (χ0n) is 10.9. The average Bonchev–Trinajstić information content (AvgIpc) is 2.42. The lowest BCUT2D eigenvalue weighted by atomic mass is 10.3. The lowest BCUT2D eigenvalue weighted by Gasteiger charge is -2.13. The molecular weight excluding hydrogens is 301 g/mol. The van der Waals surface area contributed by atoms with Crippen LogP contribution in [-0.2, 0) is 0 Å². The van der Waals surface area contributed by atoms with Crippen LogP contribution in [0.2, 0.25) is 10.0 Å². The fraction of sp³-hybridized carbons (Fsp3) is 0.182. The zero-order valence-corrected chi connectivity index (χ0v) is 12.4. The van der Waals surface area contributed by atoms with E-state index in [0.29, 0.717) is 27.6 Å². The monoisotopic (exact) mass is 313 g/mol. The van der Waals surface area contributed by atoms with E-state index in [-0.39, 0.29) is 5.95 Å². The molecule has 9 heteroatoms. The van der Waals surface area contributed by atoms with Gasteiger partial charge in [0, 0.05) is 19.8 Å². The van der Waals surface area contributed by atoms with Crippen LogP contribution >= 0.6 is 23.2 Å². The number of rotatable bonds is 4. The minimum absolute atomic E-state index is 0.256. The summed E-state index contributed by atoms with van der Waals surface area (Å²) in [5, 5.41) is 3.93.